The van der Waals surface area contributed by atoms with Gasteiger partial charge >= 0.3 is 6.18 Å². The van der Waals surface area contributed by atoms with Gasteiger partial charge in [0.1, 0.15) is 0 Å². The SMILES string of the molecule is NC(CC1CC1)CC(F)(F)F. The summed E-state index contributed by atoms with van der Waals surface area (Å²) in [6.07, 6.45) is -2.26. The van der Waals surface area contributed by atoms with Crippen molar-refractivity contribution >= 4 is 0 Å². The normalized spacial score (nSPS) is 21.8. The zero-order chi connectivity index (χ0) is 8.48. The standard InChI is InChI=1S/C7H12F3N/c8-7(9,10)4-6(11)3-5-1-2-5/h5-6H,1-4,11H2. The van der Waals surface area contributed by atoms with Crippen LogP contribution in [0.25, 0.3) is 0 Å². The highest BCUT2D eigenvalue weighted by Gasteiger charge is 2.33. The number of rotatable bonds is 3. The largest absolute Gasteiger partial charge is 0.390 e. The van der Waals surface area contributed by atoms with E-state index in [2.05, 4.69) is 0 Å². The Labute approximate surface area is 63.8 Å². The summed E-state index contributed by atoms with van der Waals surface area (Å²) in [5.74, 6) is 0.479. The third-order valence-corrected chi connectivity index (χ3v) is 1.83. The molecule has 11 heavy (non-hydrogen) atoms. The Bertz CT molecular complexity index is 128. The van der Waals surface area contributed by atoms with Crippen LogP contribution >= 0.6 is 0 Å². The van der Waals surface area contributed by atoms with Crippen LogP contribution in [0.2, 0.25) is 0 Å². The highest BCUT2D eigenvalue weighted by molar-refractivity contribution is 4.79. The fourth-order valence-corrected chi connectivity index (χ4v) is 1.16. The van der Waals surface area contributed by atoms with Crippen LogP contribution in [0.4, 0.5) is 13.2 Å². The van der Waals surface area contributed by atoms with Gasteiger partial charge in [0.05, 0.1) is 6.42 Å². The number of hydrogen-bond donors (Lipinski definition) is 1. The molecule has 0 spiro atoms. The molecule has 1 unspecified atom stereocenters. The zero-order valence-corrected chi connectivity index (χ0v) is 6.19. The van der Waals surface area contributed by atoms with E-state index in [9.17, 15) is 13.2 Å². The molecule has 0 heterocycles. The van der Waals surface area contributed by atoms with E-state index < -0.39 is 18.6 Å². The maximum atomic E-state index is 11.7. The number of halogens is 3. The summed E-state index contributed by atoms with van der Waals surface area (Å²) < 4.78 is 35.1. The monoisotopic (exact) mass is 167 g/mol. The molecule has 66 valence electrons. The van der Waals surface area contributed by atoms with E-state index in [1.54, 1.807) is 0 Å². The van der Waals surface area contributed by atoms with Crippen molar-refractivity contribution in [3.63, 3.8) is 0 Å². The van der Waals surface area contributed by atoms with Crippen LogP contribution in [0.1, 0.15) is 25.7 Å². The molecule has 1 atom stereocenters. The first-order valence-electron chi connectivity index (χ1n) is 3.80. The van der Waals surface area contributed by atoms with Gasteiger partial charge in [-0.1, -0.05) is 12.8 Å². The molecule has 0 saturated heterocycles. The lowest BCUT2D eigenvalue weighted by atomic mass is 10.1. The smallest absolute Gasteiger partial charge is 0.327 e. The van der Waals surface area contributed by atoms with E-state index in [0.717, 1.165) is 12.8 Å². The van der Waals surface area contributed by atoms with Crippen molar-refractivity contribution in [2.45, 2.75) is 37.9 Å². The Morgan fingerprint density at radius 1 is 1.36 bits per heavy atom. The number of nitrogens with two attached hydrogens (primary N) is 1. The van der Waals surface area contributed by atoms with Gasteiger partial charge in [-0.2, -0.15) is 13.2 Å². The molecule has 0 aliphatic heterocycles. The molecule has 0 bridgehead atoms. The predicted molar refractivity (Wildman–Crippen MR) is 36.0 cm³/mol. The van der Waals surface area contributed by atoms with Crippen molar-refractivity contribution in [3.8, 4) is 0 Å². The van der Waals surface area contributed by atoms with Crippen LogP contribution in [0, 0.1) is 5.92 Å². The molecule has 1 fully saturated rings. The topological polar surface area (TPSA) is 26.0 Å². The molecule has 0 radical (unpaired) electrons. The average molecular weight is 167 g/mol. The Morgan fingerprint density at radius 3 is 2.27 bits per heavy atom. The zero-order valence-electron chi connectivity index (χ0n) is 6.19. The van der Waals surface area contributed by atoms with E-state index in [4.69, 9.17) is 5.73 Å². The van der Waals surface area contributed by atoms with Crippen LogP contribution in [-0.2, 0) is 0 Å². The molecule has 1 aliphatic rings. The third kappa shape index (κ3) is 4.24. The molecule has 1 aliphatic carbocycles. The summed E-state index contributed by atoms with van der Waals surface area (Å²) in [7, 11) is 0. The van der Waals surface area contributed by atoms with Crippen LogP contribution in [0.15, 0.2) is 0 Å². The van der Waals surface area contributed by atoms with Crippen LogP contribution < -0.4 is 5.73 Å². The quantitative estimate of drug-likeness (QED) is 0.684. The van der Waals surface area contributed by atoms with E-state index >= 15 is 0 Å². The maximum Gasteiger partial charge on any atom is 0.390 e. The summed E-state index contributed by atoms with van der Waals surface area (Å²) in [6, 6.07) is -0.678. The molecule has 4 heteroatoms. The lowest BCUT2D eigenvalue weighted by Gasteiger charge is -2.12. The Morgan fingerprint density at radius 2 is 1.91 bits per heavy atom. The van der Waals surface area contributed by atoms with Crippen molar-refractivity contribution in [3.05, 3.63) is 0 Å². The van der Waals surface area contributed by atoms with Crippen molar-refractivity contribution < 1.29 is 13.2 Å². The molecule has 0 aromatic heterocycles. The van der Waals surface area contributed by atoms with Gasteiger partial charge < -0.3 is 5.73 Å². The first-order valence-corrected chi connectivity index (χ1v) is 3.80. The molecule has 0 amide bonds. The van der Waals surface area contributed by atoms with E-state index in [0.29, 0.717) is 12.3 Å². The summed E-state index contributed by atoms with van der Waals surface area (Å²) >= 11 is 0. The van der Waals surface area contributed by atoms with Crippen molar-refractivity contribution in [1.82, 2.24) is 0 Å². The summed E-state index contributed by atoms with van der Waals surface area (Å²) in [5, 5.41) is 0. The van der Waals surface area contributed by atoms with Crippen molar-refractivity contribution in [2.75, 3.05) is 0 Å². The van der Waals surface area contributed by atoms with Gasteiger partial charge in [0.15, 0.2) is 0 Å². The second kappa shape index (κ2) is 3.01. The predicted octanol–water partition coefficient (Wildman–Crippen LogP) is 2.07. The Hall–Kier alpha value is -0.250. The summed E-state index contributed by atoms with van der Waals surface area (Å²) in [6.45, 7) is 0. The fourth-order valence-electron chi connectivity index (χ4n) is 1.16. The average Bonchev–Trinajstić information content (AvgIpc) is 2.42. The third-order valence-electron chi connectivity index (χ3n) is 1.83. The van der Waals surface area contributed by atoms with Gasteiger partial charge in [0, 0.05) is 6.04 Å². The first-order chi connectivity index (χ1) is 4.97. The molecule has 0 aromatic carbocycles. The number of hydrogen-bond acceptors (Lipinski definition) is 1. The summed E-state index contributed by atoms with van der Waals surface area (Å²) in [5.41, 5.74) is 5.28. The highest BCUT2D eigenvalue weighted by atomic mass is 19.4. The van der Waals surface area contributed by atoms with E-state index in [-0.39, 0.29) is 0 Å². The van der Waals surface area contributed by atoms with Crippen LogP contribution in [0.3, 0.4) is 0 Å². The lowest BCUT2D eigenvalue weighted by Crippen LogP contribution is -2.27. The first kappa shape index (κ1) is 8.84. The highest BCUT2D eigenvalue weighted by Crippen LogP contribution is 2.35. The van der Waals surface area contributed by atoms with Crippen molar-refractivity contribution in [2.24, 2.45) is 11.7 Å². The maximum absolute atomic E-state index is 11.7. The Kier molecular flexibility index (Phi) is 2.42. The lowest BCUT2D eigenvalue weighted by molar-refractivity contribution is -0.138. The van der Waals surface area contributed by atoms with Gasteiger partial charge in [-0.05, 0) is 12.3 Å². The van der Waals surface area contributed by atoms with Gasteiger partial charge in [0.2, 0.25) is 0 Å². The van der Waals surface area contributed by atoms with Gasteiger partial charge in [-0.25, -0.2) is 0 Å². The van der Waals surface area contributed by atoms with Gasteiger partial charge in [0.25, 0.3) is 0 Å². The minimum atomic E-state index is -4.09. The molecule has 1 nitrogen and oxygen atoms in total. The second-order valence-corrected chi connectivity index (χ2v) is 3.26. The Balaban J connectivity index is 2.13. The van der Waals surface area contributed by atoms with Gasteiger partial charge in [-0.3, -0.25) is 0 Å². The van der Waals surface area contributed by atoms with Crippen LogP contribution in [-0.4, -0.2) is 12.2 Å². The number of alkyl halides is 3. The second-order valence-electron chi connectivity index (χ2n) is 3.26. The fraction of sp³-hybridized carbons (Fsp3) is 1.00. The van der Waals surface area contributed by atoms with E-state index in [1.165, 1.54) is 0 Å². The molecule has 2 N–H and O–H groups in total. The molecule has 1 rings (SSSR count). The van der Waals surface area contributed by atoms with Gasteiger partial charge in [-0.15, -0.1) is 0 Å². The molecule has 1 saturated carbocycles. The summed E-state index contributed by atoms with van der Waals surface area (Å²) in [4.78, 5) is 0. The minimum Gasteiger partial charge on any atom is -0.327 e. The van der Waals surface area contributed by atoms with Crippen molar-refractivity contribution in [1.29, 1.82) is 0 Å². The molecular weight excluding hydrogens is 155 g/mol. The van der Waals surface area contributed by atoms with E-state index in [1.807, 2.05) is 0 Å². The minimum absolute atomic E-state index is 0.479. The van der Waals surface area contributed by atoms with Crippen LogP contribution in [0.5, 0.6) is 0 Å². The molecular formula is C7H12F3N. The molecule has 0 aromatic rings.